The van der Waals surface area contributed by atoms with Crippen LogP contribution in [0.3, 0.4) is 0 Å². The number of halogens is 1. The summed E-state index contributed by atoms with van der Waals surface area (Å²) in [5.41, 5.74) is 7.00. The van der Waals surface area contributed by atoms with Crippen molar-refractivity contribution in [3.63, 3.8) is 0 Å². The molecular weight excluding hydrogens is 432 g/mol. The smallest absolute Gasteiger partial charge is 0.316 e. The highest BCUT2D eigenvalue weighted by atomic mass is 79.9. The summed E-state index contributed by atoms with van der Waals surface area (Å²) < 4.78 is 5.94. The van der Waals surface area contributed by atoms with E-state index < -0.39 is 24.4 Å². The fraction of sp³-hybridized carbons (Fsp3) is 0.211. The van der Waals surface area contributed by atoms with Crippen LogP contribution < -0.4 is 10.9 Å². The molecule has 0 aliphatic carbocycles. The largest absolute Gasteiger partial charge is 0.455 e. The standard InChI is InChI=1S/C19H19BrN2O4S/c1-12-9-16(13(2)8-15(12)20)27-11-18(24)26-10-17(23)21-22-19(25)14-6-4-3-5-7-14/h3-9H,10-11H2,1-2H3,(H,21,23)(H,22,25). The fourth-order valence-corrected chi connectivity index (χ4v) is 3.42. The number of nitrogens with one attached hydrogen (secondary N) is 2. The Hall–Kier alpha value is -2.32. The van der Waals surface area contributed by atoms with Gasteiger partial charge in [0, 0.05) is 14.9 Å². The quantitative estimate of drug-likeness (QED) is 0.401. The van der Waals surface area contributed by atoms with E-state index >= 15 is 0 Å². The molecule has 2 rings (SSSR count). The van der Waals surface area contributed by atoms with Gasteiger partial charge in [0.1, 0.15) is 0 Å². The minimum Gasteiger partial charge on any atom is -0.455 e. The molecule has 2 aromatic carbocycles. The van der Waals surface area contributed by atoms with Crippen molar-refractivity contribution in [2.45, 2.75) is 18.7 Å². The molecule has 0 saturated carbocycles. The van der Waals surface area contributed by atoms with Gasteiger partial charge in [-0.2, -0.15) is 0 Å². The third-order valence-corrected chi connectivity index (χ3v) is 5.50. The maximum Gasteiger partial charge on any atom is 0.316 e. The molecule has 0 aliphatic rings. The zero-order chi connectivity index (χ0) is 19.8. The molecule has 2 amide bonds. The van der Waals surface area contributed by atoms with Crippen LogP contribution in [0.1, 0.15) is 21.5 Å². The second-order valence-corrected chi connectivity index (χ2v) is 7.56. The lowest BCUT2D eigenvalue weighted by Gasteiger charge is -2.10. The molecular formula is C19H19BrN2O4S. The minimum atomic E-state index is -0.617. The predicted octanol–water partition coefficient (Wildman–Crippen LogP) is 3.16. The molecule has 0 heterocycles. The van der Waals surface area contributed by atoms with Crippen molar-refractivity contribution in [1.82, 2.24) is 10.9 Å². The summed E-state index contributed by atoms with van der Waals surface area (Å²) in [5.74, 6) is -1.49. The molecule has 0 unspecified atom stereocenters. The SMILES string of the molecule is Cc1cc(SCC(=O)OCC(=O)NNC(=O)c2ccccc2)c(C)cc1Br. The second-order valence-electron chi connectivity index (χ2n) is 5.68. The number of hydrogen-bond acceptors (Lipinski definition) is 5. The Morgan fingerprint density at radius 2 is 1.74 bits per heavy atom. The third kappa shape index (κ3) is 6.73. The van der Waals surface area contributed by atoms with Crippen LogP contribution in [0.5, 0.6) is 0 Å². The number of ether oxygens (including phenoxy) is 1. The van der Waals surface area contributed by atoms with Crippen molar-refractivity contribution in [3.05, 3.63) is 63.6 Å². The maximum atomic E-state index is 11.8. The second kappa shape index (κ2) is 10.1. The Kier molecular flexibility index (Phi) is 7.87. The molecule has 0 radical (unpaired) electrons. The molecule has 2 N–H and O–H groups in total. The van der Waals surface area contributed by atoms with Gasteiger partial charge in [-0.05, 0) is 49.2 Å². The lowest BCUT2D eigenvalue weighted by molar-refractivity contribution is -0.146. The molecule has 0 bridgehead atoms. The molecule has 8 heteroatoms. The molecule has 0 saturated heterocycles. The molecule has 0 aliphatic heterocycles. The van der Waals surface area contributed by atoms with Crippen molar-refractivity contribution in [2.24, 2.45) is 0 Å². The number of thioether (sulfide) groups is 1. The van der Waals surface area contributed by atoms with E-state index in [1.54, 1.807) is 30.3 Å². The summed E-state index contributed by atoms with van der Waals surface area (Å²) in [7, 11) is 0. The van der Waals surface area contributed by atoms with Crippen molar-refractivity contribution in [2.75, 3.05) is 12.4 Å². The number of hydrogen-bond donors (Lipinski definition) is 2. The van der Waals surface area contributed by atoms with E-state index in [4.69, 9.17) is 4.74 Å². The summed E-state index contributed by atoms with van der Waals surface area (Å²) in [6, 6.07) is 12.4. The van der Waals surface area contributed by atoms with Gasteiger partial charge in [0.2, 0.25) is 0 Å². The molecule has 0 atom stereocenters. The van der Waals surface area contributed by atoms with E-state index in [-0.39, 0.29) is 5.75 Å². The number of carbonyl (C=O) groups excluding carboxylic acids is 3. The lowest BCUT2D eigenvalue weighted by Crippen LogP contribution is -2.43. The van der Waals surface area contributed by atoms with E-state index in [0.29, 0.717) is 5.56 Å². The van der Waals surface area contributed by atoms with Crippen molar-refractivity contribution in [1.29, 1.82) is 0 Å². The van der Waals surface area contributed by atoms with E-state index in [1.165, 1.54) is 11.8 Å². The summed E-state index contributed by atoms with van der Waals surface area (Å²) in [6.07, 6.45) is 0. The number of rotatable bonds is 6. The number of esters is 1. The van der Waals surface area contributed by atoms with Gasteiger partial charge in [-0.3, -0.25) is 25.2 Å². The number of aryl methyl sites for hydroxylation is 2. The summed E-state index contributed by atoms with van der Waals surface area (Å²) in [6.45, 7) is 3.47. The monoisotopic (exact) mass is 450 g/mol. The number of benzene rings is 2. The van der Waals surface area contributed by atoms with Gasteiger partial charge in [-0.1, -0.05) is 34.1 Å². The van der Waals surface area contributed by atoms with Crippen LogP contribution >= 0.6 is 27.7 Å². The Bertz CT molecular complexity index is 843. The lowest BCUT2D eigenvalue weighted by atomic mass is 10.2. The van der Waals surface area contributed by atoms with E-state index in [1.807, 2.05) is 26.0 Å². The minimum absolute atomic E-state index is 0.0889. The van der Waals surface area contributed by atoms with Gasteiger partial charge < -0.3 is 4.74 Å². The van der Waals surface area contributed by atoms with Crippen LogP contribution in [-0.4, -0.2) is 30.1 Å². The average molecular weight is 451 g/mol. The van der Waals surface area contributed by atoms with Gasteiger partial charge in [-0.25, -0.2) is 0 Å². The van der Waals surface area contributed by atoms with Crippen LogP contribution in [0, 0.1) is 13.8 Å². The number of carbonyl (C=O) groups is 3. The number of amides is 2. The Labute approximate surface area is 170 Å². The normalized spacial score (nSPS) is 10.2. The molecule has 0 fully saturated rings. The van der Waals surface area contributed by atoms with Gasteiger partial charge in [0.05, 0.1) is 5.75 Å². The third-order valence-electron chi connectivity index (χ3n) is 3.52. The predicted molar refractivity (Wildman–Crippen MR) is 107 cm³/mol. The van der Waals surface area contributed by atoms with Gasteiger partial charge in [-0.15, -0.1) is 11.8 Å². The maximum absolute atomic E-state index is 11.8. The molecule has 142 valence electrons. The fourth-order valence-electron chi connectivity index (χ4n) is 2.06. The molecule has 0 aromatic heterocycles. The first kappa shape index (κ1) is 21.0. The highest BCUT2D eigenvalue weighted by molar-refractivity contribution is 9.10. The van der Waals surface area contributed by atoms with Crippen molar-refractivity contribution >= 4 is 45.5 Å². The zero-order valence-corrected chi connectivity index (χ0v) is 17.3. The Balaban J connectivity index is 1.71. The molecule has 27 heavy (non-hydrogen) atoms. The first-order chi connectivity index (χ1) is 12.9. The topological polar surface area (TPSA) is 84.5 Å². The Morgan fingerprint density at radius 3 is 2.44 bits per heavy atom. The highest BCUT2D eigenvalue weighted by Gasteiger charge is 2.11. The Morgan fingerprint density at radius 1 is 1.04 bits per heavy atom. The van der Waals surface area contributed by atoms with E-state index in [2.05, 4.69) is 26.8 Å². The van der Waals surface area contributed by atoms with E-state index in [0.717, 1.165) is 20.5 Å². The summed E-state index contributed by atoms with van der Waals surface area (Å²) >= 11 is 4.81. The van der Waals surface area contributed by atoms with Gasteiger partial charge >= 0.3 is 5.97 Å². The molecule has 6 nitrogen and oxygen atoms in total. The first-order valence-electron chi connectivity index (χ1n) is 8.06. The van der Waals surface area contributed by atoms with Crippen LogP contribution in [-0.2, 0) is 14.3 Å². The highest BCUT2D eigenvalue weighted by Crippen LogP contribution is 2.28. The first-order valence-corrected chi connectivity index (χ1v) is 9.84. The summed E-state index contributed by atoms with van der Waals surface area (Å²) in [5, 5.41) is 0. The van der Waals surface area contributed by atoms with Crippen LogP contribution in [0.15, 0.2) is 51.8 Å². The molecule has 0 spiro atoms. The van der Waals surface area contributed by atoms with Crippen molar-refractivity contribution < 1.29 is 19.1 Å². The summed E-state index contributed by atoms with van der Waals surface area (Å²) in [4.78, 5) is 36.3. The van der Waals surface area contributed by atoms with Crippen LogP contribution in [0.25, 0.3) is 0 Å². The van der Waals surface area contributed by atoms with Crippen LogP contribution in [0.2, 0.25) is 0 Å². The van der Waals surface area contributed by atoms with E-state index in [9.17, 15) is 14.4 Å². The van der Waals surface area contributed by atoms with Gasteiger partial charge in [0.15, 0.2) is 6.61 Å². The number of hydrazine groups is 1. The average Bonchev–Trinajstić information content (AvgIpc) is 2.66. The molecule has 2 aromatic rings. The van der Waals surface area contributed by atoms with Crippen molar-refractivity contribution in [3.8, 4) is 0 Å². The van der Waals surface area contributed by atoms with Crippen LogP contribution in [0.4, 0.5) is 0 Å². The zero-order valence-electron chi connectivity index (χ0n) is 14.9. The van der Waals surface area contributed by atoms with Gasteiger partial charge in [0.25, 0.3) is 11.8 Å².